The molecule has 8 heteroatoms. The van der Waals surface area contributed by atoms with Gasteiger partial charge in [-0.15, -0.1) is 0 Å². The third kappa shape index (κ3) is 4.63. The molecule has 0 N–H and O–H groups in total. The fraction of sp³-hybridized carbons (Fsp3) is 0.846. The smallest absolute Gasteiger partial charge is 0.303 e. The van der Waals surface area contributed by atoms with Crippen molar-refractivity contribution in [1.29, 1.82) is 0 Å². The van der Waals surface area contributed by atoms with Crippen molar-refractivity contribution in [3.8, 4) is 0 Å². The summed E-state index contributed by atoms with van der Waals surface area (Å²) in [6.07, 6.45) is -3.83. The molecule has 0 saturated carbocycles. The van der Waals surface area contributed by atoms with Crippen LogP contribution in [-0.2, 0) is 38.0 Å². The molecule has 1 aliphatic rings. The molecule has 1 aliphatic heterocycles. The molecule has 1 fully saturated rings. The van der Waals surface area contributed by atoms with Crippen LogP contribution in [0, 0.1) is 0 Å². The van der Waals surface area contributed by atoms with E-state index in [2.05, 4.69) is 0 Å². The minimum Gasteiger partial charge on any atom is -0.455 e. The van der Waals surface area contributed by atoms with Crippen LogP contribution < -0.4 is 0 Å². The first-order valence-electron chi connectivity index (χ1n) is 6.49. The van der Waals surface area contributed by atoms with Crippen molar-refractivity contribution in [3.05, 3.63) is 0 Å². The van der Waals surface area contributed by atoms with E-state index in [0.29, 0.717) is 0 Å². The van der Waals surface area contributed by atoms with E-state index in [1.807, 2.05) is 0 Å². The minimum absolute atomic E-state index is 0.211. The van der Waals surface area contributed by atoms with Crippen LogP contribution in [0.3, 0.4) is 0 Å². The number of carbonyl (C=O) groups excluding carboxylic acids is 2. The first kappa shape index (κ1) is 17.8. The van der Waals surface area contributed by atoms with E-state index >= 15 is 0 Å². The second kappa shape index (κ2) is 8.28. The van der Waals surface area contributed by atoms with Crippen molar-refractivity contribution in [3.63, 3.8) is 0 Å². The average molecular weight is 306 g/mol. The van der Waals surface area contributed by atoms with Crippen LogP contribution in [-0.4, -0.2) is 70.6 Å². The monoisotopic (exact) mass is 306 g/mol. The van der Waals surface area contributed by atoms with E-state index in [4.69, 9.17) is 28.4 Å². The van der Waals surface area contributed by atoms with Crippen LogP contribution >= 0.6 is 0 Å². The van der Waals surface area contributed by atoms with Gasteiger partial charge in [0, 0.05) is 35.2 Å². The van der Waals surface area contributed by atoms with Gasteiger partial charge in [-0.25, -0.2) is 0 Å². The van der Waals surface area contributed by atoms with Gasteiger partial charge in [-0.3, -0.25) is 9.59 Å². The molecule has 1 rings (SSSR count). The van der Waals surface area contributed by atoms with Crippen molar-refractivity contribution in [2.75, 3.05) is 27.9 Å². The van der Waals surface area contributed by atoms with E-state index in [1.54, 1.807) is 0 Å². The van der Waals surface area contributed by atoms with Gasteiger partial charge < -0.3 is 28.4 Å². The Hall–Kier alpha value is -1.22. The lowest BCUT2D eigenvalue weighted by molar-refractivity contribution is -0.304. The van der Waals surface area contributed by atoms with Crippen LogP contribution in [0.1, 0.15) is 13.8 Å². The molecule has 5 atom stereocenters. The molecule has 0 spiro atoms. The lowest BCUT2D eigenvalue weighted by Gasteiger charge is -2.43. The lowest BCUT2D eigenvalue weighted by Crippen LogP contribution is -2.62. The zero-order chi connectivity index (χ0) is 16.0. The Morgan fingerprint density at radius 2 is 1.48 bits per heavy atom. The van der Waals surface area contributed by atoms with Crippen LogP contribution in [0.2, 0.25) is 0 Å². The van der Waals surface area contributed by atoms with Gasteiger partial charge >= 0.3 is 11.9 Å². The lowest BCUT2D eigenvalue weighted by atomic mass is 9.98. The number of hydrogen-bond acceptors (Lipinski definition) is 8. The Labute approximate surface area is 123 Å². The molecule has 5 unspecified atom stereocenters. The molecule has 0 aromatic carbocycles. The third-order valence-corrected chi connectivity index (χ3v) is 3.03. The molecule has 1 saturated heterocycles. The number of rotatable bonds is 6. The van der Waals surface area contributed by atoms with E-state index in [9.17, 15) is 9.59 Å². The number of carbonyl (C=O) groups is 2. The summed E-state index contributed by atoms with van der Waals surface area (Å²) in [4.78, 5) is 22.6. The maximum atomic E-state index is 11.3. The quantitative estimate of drug-likeness (QED) is 0.628. The Morgan fingerprint density at radius 1 is 0.905 bits per heavy atom. The summed E-state index contributed by atoms with van der Waals surface area (Å²) in [5.41, 5.74) is 0. The summed E-state index contributed by atoms with van der Waals surface area (Å²) in [7, 11) is 4.37. The third-order valence-electron chi connectivity index (χ3n) is 3.03. The van der Waals surface area contributed by atoms with E-state index in [-0.39, 0.29) is 6.61 Å². The zero-order valence-corrected chi connectivity index (χ0v) is 12.9. The van der Waals surface area contributed by atoms with Crippen molar-refractivity contribution < 1.29 is 38.0 Å². The molecule has 0 radical (unpaired) electrons. The summed E-state index contributed by atoms with van der Waals surface area (Å²) in [6, 6.07) is 0. The maximum Gasteiger partial charge on any atom is 0.303 e. The highest BCUT2D eigenvalue weighted by Crippen LogP contribution is 2.28. The van der Waals surface area contributed by atoms with E-state index < -0.39 is 42.6 Å². The highest BCUT2D eigenvalue weighted by molar-refractivity contribution is 5.67. The van der Waals surface area contributed by atoms with Crippen LogP contribution in [0.15, 0.2) is 0 Å². The van der Waals surface area contributed by atoms with Gasteiger partial charge in [0.25, 0.3) is 0 Å². The number of methoxy groups -OCH3 is 3. The van der Waals surface area contributed by atoms with Gasteiger partial charge in [0.1, 0.15) is 12.2 Å². The van der Waals surface area contributed by atoms with Crippen molar-refractivity contribution in [1.82, 2.24) is 0 Å². The second-order valence-corrected chi connectivity index (χ2v) is 4.58. The zero-order valence-electron chi connectivity index (χ0n) is 12.9. The predicted octanol–water partition coefficient (Wildman–Crippen LogP) is -0.117. The first-order chi connectivity index (χ1) is 9.94. The summed E-state index contributed by atoms with van der Waals surface area (Å²) in [5.74, 6) is -1.06. The maximum absolute atomic E-state index is 11.3. The topological polar surface area (TPSA) is 89.5 Å². The molecule has 8 nitrogen and oxygen atoms in total. The Kier molecular flexibility index (Phi) is 7.03. The summed E-state index contributed by atoms with van der Waals surface area (Å²) in [5, 5.41) is 0. The van der Waals surface area contributed by atoms with Crippen LogP contribution in [0.4, 0.5) is 0 Å². The number of hydrogen-bond donors (Lipinski definition) is 0. The fourth-order valence-electron chi connectivity index (χ4n) is 2.29. The number of ether oxygens (including phenoxy) is 6. The highest BCUT2D eigenvalue weighted by atomic mass is 16.7. The van der Waals surface area contributed by atoms with Gasteiger partial charge in [0.15, 0.2) is 18.5 Å². The largest absolute Gasteiger partial charge is 0.455 e. The minimum atomic E-state index is -0.922. The Morgan fingerprint density at radius 3 is 1.90 bits per heavy atom. The molecular formula is C13H22O8. The van der Waals surface area contributed by atoms with Gasteiger partial charge in [-0.2, -0.15) is 0 Å². The number of esters is 2. The SMILES string of the molecule is COCC1OC(OC)C(OC(C)=O)C(OC(C)=O)C1OC. The molecular weight excluding hydrogens is 284 g/mol. The van der Waals surface area contributed by atoms with Crippen LogP contribution in [0.25, 0.3) is 0 Å². The molecule has 21 heavy (non-hydrogen) atoms. The summed E-state index contributed by atoms with van der Waals surface area (Å²) >= 11 is 0. The van der Waals surface area contributed by atoms with E-state index in [0.717, 1.165) is 0 Å². The molecule has 0 aliphatic carbocycles. The van der Waals surface area contributed by atoms with Crippen molar-refractivity contribution in [2.24, 2.45) is 0 Å². The summed E-state index contributed by atoms with van der Waals surface area (Å²) < 4.78 is 31.7. The van der Waals surface area contributed by atoms with Gasteiger partial charge in [0.05, 0.1) is 6.61 Å². The van der Waals surface area contributed by atoms with Crippen LogP contribution in [0.5, 0.6) is 0 Å². The molecule has 122 valence electrons. The normalized spacial score (nSPS) is 32.5. The predicted molar refractivity (Wildman–Crippen MR) is 69.5 cm³/mol. The Balaban J connectivity index is 3.05. The van der Waals surface area contributed by atoms with E-state index in [1.165, 1.54) is 35.2 Å². The molecule has 0 amide bonds. The van der Waals surface area contributed by atoms with Gasteiger partial charge in [0.2, 0.25) is 0 Å². The standard InChI is InChI=1S/C13H22O8/c1-7(14)19-11-10(17-4)9(6-16-3)21-13(18-5)12(11)20-8(2)15/h9-13H,6H2,1-5H3. The van der Waals surface area contributed by atoms with Gasteiger partial charge in [-0.05, 0) is 0 Å². The fourth-order valence-corrected chi connectivity index (χ4v) is 2.29. The first-order valence-corrected chi connectivity index (χ1v) is 6.49. The van der Waals surface area contributed by atoms with Gasteiger partial charge in [-0.1, -0.05) is 0 Å². The summed E-state index contributed by atoms with van der Waals surface area (Å²) in [6.45, 7) is 2.73. The molecule has 0 bridgehead atoms. The highest BCUT2D eigenvalue weighted by Gasteiger charge is 2.50. The Bertz CT molecular complexity index is 358. The molecule has 1 heterocycles. The van der Waals surface area contributed by atoms with Crippen molar-refractivity contribution in [2.45, 2.75) is 44.6 Å². The second-order valence-electron chi connectivity index (χ2n) is 4.58. The van der Waals surface area contributed by atoms with Crippen molar-refractivity contribution >= 4 is 11.9 Å². The molecule has 0 aromatic heterocycles. The molecule has 0 aromatic rings. The average Bonchev–Trinajstić information content (AvgIpc) is 2.40.